The molecule has 0 aliphatic heterocycles. The summed E-state index contributed by atoms with van der Waals surface area (Å²) in [7, 11) is 0. The average Bonchev–Trinajstić information content (AvgIpc) is 2.96. The molecule has 1 aliphatic rings. The second-order valence-electron chi connectivity index (χ2n) is 6.89. The quantitative estimate of drug-likeness (QED) is 0.314. The smallest absolute Gasteiger partial charge is 0.315 e. The zero-order valence-electron chi connectivity index (χ0n) is 16.3. The van der Waals surface area contributed by atoms with Crippen LogP contribution < -0.4 is 0 Å². The lowest BCUT2D eigenvalue weighted by molar-refractivity contribution is -0.139. The lowest BCUT2D eigenvalue weighted by atomic mass is 9.86. The topological polar surface area (TPSA) is 63.6 Å². The van der Waals surface area contributed by atoms with Gasteiger partial charge in [-0.2, -0.15) is 11.8 Å². The lowest BCUT2D eigenvalue weighted by Gasteiger charge is -2.18. The first-order chi connectivity index (χ1) is 12.6. The molecule has 0 heterocycles. The number of hydrogen-bond donors (Lipinski definition) is 1. The number of thioether (sulfide) groups is 1. The average molecular weight is 383 g/mol. The maximum atomic E-state index is 12.2. The fourth-order valence-corrected chi connectivity index (χ4v) is 4.21. The summed E-state index contributed by atoms with van der Waals surface area (Å²) in [4.78, 5) is 23.4. The van der Waals surface area contributed by atoms with Gasteiger partial charge in [0.2, 0.25) is 0 Å². The number of aliphatic hydroxyl groups excluding tert-OH is 1. The normalized spacial score (nSPS) is 20.5. The molecule has 0 spiro atoms. The van der Waals surface area contributed by atoms with Gasteiger partial charge in [-0.05, 0) is 57.1 Å². The number of carbonyl (C=O) groups is 2. The fourth-order valence-electron chi connectivity index (χ4n) is 3.40. The molecule has 3 atom stereocenters. The molecule has 0 aromatic heterocycles. The lowest BCUT2D eigenvalue weighted by Crippen LogP contribution is -2.17. The second-order valence-corrected chi connectivity index (χ2v) is 7.99. The first-order valence-electron chi connectivity index (χ1n) is 10.0. The molecule has 1 N–H and O–H groups in total. The molecule has 0 aromatic carbocycles. The number of ketones is 1. The maximum absolute atomic E-state index is 12.2. The SMILES string of the molecule is CCCC#CC(O)CC[C@H]1CCC(=O)[C@@H]1CCCCSCC(=O)OCC. The van der Waals surface area contributed by atoms with Gasteiger partial charge < -0.3 is 9.84 Å². The highest BCUT2D eigenvalue weighted by molar-refractivity contribution is 7.99. The summed E-state index contributed by atoms with van der Waals surface area (Å²) in [5.74, 6) is 8.03. The van der Waals surface area contributed by atoms with Crippen molar-refractivity contribution in [1.82, 2.24) is 0 Å². The number of aliphatic hydroxyl groups is 1. The van der Waals surface area contributed by atoms with Crippen LogP contribution in [0.25, 0.3) is 0 Å². The standard InChI is InChI=1S/C21H34O4S/c1-3-5-6-9-18(22)13-11-17-12-14-20(23)19(17)10-7-8-15-26-16-21(24)25-4-2/h17-19,22H,3-5,7-8,10-16H2,1-2H3/t17-,18?,19+/m0/s1. The van der Waals surface area contributed by atoms with Crippen molar-refractivity contribution >= 4 is 23.5 Å². The maximum Gasteiger partial charge on any atom is 0.315 e. The van der Waals surface area contributed by atoms with Crippen molar-refractivity contribution in [2.24, 2.45) is 11.8 Å². The highest BCUT2D eigenvalue weighted by Crippen LogP contribution is 2.36. The molecular weight excluding hydrogens is 348 g/mol. The van der Waals surface area contributed by atoms with Crippen molar-refractivity contribution in [2.45, 2.75) is 77.7 Å². The molecule has 5 heteroatoms. The van der Waals surface area contributed by atoms with Gasteiger partial charge in [-0.3, -0.25) is 9.59 Å². The van der Waals surface area contributed by atoms with Gasteiger partial charge >= 0.3 is 5.97 Å². The Bertz CT molecular complexity index is 480. The van der Waals surface area contributed by atoms with Crippen LogP contribution in [0, 0.1) is 23.7 Å². The van der Waals surface area contributed by atoms with E-state index in [1.54, 1.807) is 11.8 Å². The number of Topliss-reactive ketones (excluding diaryl/α,β-unsaturated/α-hetero) is 1. The summed E-state index contributed by atoms with van der Waals surface area (Å²) < 4.78 is 4.90. The molecule has 148 valence electrons. The van der Waals surface area contributed by atoms with E-state index in [1.807, 2.05) is 6.92 Å². The summed E-state index contributed by atoms with van der Waals surface area (Å²) in [5.41, 5.74) is 0. The summed E-state index contributed by atoms with van der Waals surface area (Å²) >= 11 is 1.60. The minimum atomic E-state index is -0.558. The van der Waals surface area contributed by atoms with E-state index in [0.29, 0.717) is 36.9 Å². The Labute approximate surface area is 162 Å². The largest absolute Gasteiger partial charge is 0.465 e. The molecule has 0 radical (unpaired) electrons. The molecule has 1 saturated carbocycles. The van der Waals surface area contributed by atoms with Gasteiger partial charge in [0.05, 0.1) is 12.4 Å². The third-order valence-electron chi connectivity index (χ3n) is 4.78. The van der Waals surface area contributed by atoms with E-state index in [4.69, 9.17) is 4.74 Å². The van der Waals surface area contributed by atoms with Gasteiger partial charge in [0.15, 0.2) is 0 Å². The highest BCUT2D eigenvalue weighted by atomic mass is 32.2. The monoisotopic (exact) mass is 382 g/mol. The molecule has 0 aromatic rings. The van der Waals surface area contributed by atoms with Crippen molar-refractivity contribution in [3.05, 3.63) is 0 Å². The molecule has 26 heavy (non-hydrogen) atoms. The van der Waals surface area contributed by atoms with E-state index in [-0.39, 0.29) is 11.9 Å². The van der Waals surface area contributed by atoms with Gasteiger partial charge in [0.25, 0.3) is 0 Å². The molecular formula is C21H34O4S. The number of rotatable bonds is 12. The molecule has 1 aliphatic carbocycles. The van der Waals surface area contributed by atoms with Crippen LogP contribution in [0.1, 0.15) is 71.6 Å². The van der Waals surface area contributed by atoms with Crippen molar-refractivity contribution in [2.75, 3.05) is 18.1 Å². The predicted octanol–water partition coefficient (Wildman–Crippen LogP) is 3.99. The highest BCUT2D eigenvalue weighted by Gasteiger charge is 2.33. The van der Waals surface area contributed by atoms with E-state index in [2.05, 4.69) is 18.8 Å². The zero-order valence-corrected chi connectivity index (χ0v) is 17.1. The second kappa shape index (κ2) is 14.1. The molecule has 0 saturated heterocycles. The minimum absolute atomic E-state index is 0.149. The van der Waals surface area contributed by atoms with E-state index in [9.17, 15) is 14.7 Å². The third-order valence-corrected chi connectivity index (χ3v) is 5.79. The van der Waals surface area contributed by atoms with Gasteiger partial charge in [0.1, 0.15) is 11.9 Å². The van der Waals surface area contributed by atoms with Gasteiger partial charge in [-0.1, -0.05) is 19.3 Å². The van der Waals surface area contributed by atoms with Gasteiger partial charge in [-0.25, -0.2) is 0 Å². The van der Waals surface area contributed by atoms with Crippen LogP contribution in [-0.2, 0) is 14.3 Å². The van der Waals surface area contributed by atoms with E-state index in [1.165, 1.54) is 0 Å². The number of esters is 1. The van der Waals surface area contributed by atoms with Crippen LogP contribution in [0.4, 0.5) is 0 Å². The Balaban J connectivity index is 2.21. The van der Waals surface area contributed by atoms with E-state index in [0.717, 1.165) is 50.7 Å². The Hall–Kier alpha value is -0.990. The Morgan fingerprint density at radius 1 is 1.35 bits per heavy atom. The zero-order chi connectivity index (χ0) is 19.2. The number of hydrogen-bond acceptors (Lipinski definition) is 5. The molecule has 0 amide bonds. The molecule has 1 rings (SSSR count). The molecule has 1 fully saturated rings. The first kappa shape index (κ1) is 23.0. The fraction of sp³-hybridized carbons (Fsp3) is 0.810. The van der Waals surface area contributed by atoms with Crippen LogP contribution in [0.5, 0.6) is 0 Å². The van der Waals surface area contributed by atoms with Crippen LogP contribution in [-0.4, -0.2) is 41.1 Å². The van der Waals surface area contributed by atoms with Crippen LogP contribution in [0.15, 0.2) is 0 Å². The number of unbranched alkanes of at least 4 members (excludes halogenated alkanes) is 2. The summed E-state index contributed by atoms with van der Waals surface area (Å²) in [6, 6.07) is 0. The third kappa shape index (κ3) is 9.64. The van der Waals surface area contributed by atoms with Crippen molar-refractivity contribution in [3.63, 3.8) is 0 Å². The summed E-state index contributed by atoms with van der Waals surface area (Å²) in [6.07, 6.45) is 7.44. The summed E-state index contributed by atoms with van der Waals surface area (Å²) in [6.45, 7) is 4.32. The molecule has 0 bridgehead atoms. The van der Waals surface area contributed by atoms with Crippen LogP contribution >= 0.6 is 11.8 Å². The minimum Gasteiger partial charge on any atom is -0.465 e. The van der Waals surface area contributed by atoms with Crippen LogP contribution in [0.3, 0.4) is 0 Å². The van der Waals surface area contributed by atoms with Crippen molar-refractivity contribution in [1.29, 1.82) is 0 Å². The van der Waals surface area contributed by atoms with Gasteiger partial charge in [0, 0.05) is 18.8 Å². The Morgan fingerprint density at radius 2 is 2.15 bits per heavy atom. The van der Waals surface area contributed by atoms with Gasteiger partial charge in [-0.15, -0.1) is 5.92 Å². The Morgan fingerprint density at radius 3 is 2.88 bits per heavy atom. The molecule has 1 unspecified atom stereocenters. The number of ether oxygens (including phenoxy) is 1. The predicted molar refractivity (Wildman–Crippen MR) is 107 cm³/mol. The molecule has 4 nitrogen and oxygen atoms in total. The van der Waals surface area contributed by atoms with Crippen molar-refractivity contribution < 1.29 is 19.4 Å². The summed E-state index contributed by atoms with van der Waals surface area (Å²) in [5, 5.41) is 9.95. The Kier molecular flexibility index (Phi) is 12.5. The first-order valence-corrected chi connectivity index (χ1v) is 11.2. The number of carbonyl (C=O) groups excluding carboxylic acids is 2. The van der Waals surface area contributed by atoms with Crippen molar-refractivity contribution in [3.8, 4) is 11.8 Å². The van der Waals surface area contributed by atoms with E-state index >= 15 is 0 Å². The van der Waals surface area contributed by atoms with Crippen LogP contribution in [0.2, 0.25) is 0 Å². The van der Waals surface area contributed by atoms with E-state index < -0.39 is 6.10 Å².